The number of hydrogen-bond donors (Lipinski definition) is 0. The highest BCUT2D eigenvalue weighted by atomic mass is 16.6. The lowest BCUT2D eigenvalue weighted by atomic mass is 10.1. The lowest BCUT2D eigenvalue weighted by molar-refractivity contribution is -0.156. The van der Waals surface area contributed by atoms with Gasteiger partial charge in [-0.15, -0.1) is 0 Å². The number of ether oxygens (including phenoxy) is 2. The Kier molecular flexibility index (Phi) is 5.12. The zero-order chi connectivity index (χ0) is 18.7. The summed E-state index contributed by atoms with van der Waals surface area (Å²) in [5.41, 5.74) is 2.06. The van der Waals surface area contributed by atoms with Gasteiger partial charge in [0, 0.05) is 0 Å². The normalized spacial score (nSPS) is 18.9. The lowest BCUT2D eigenvalue weighted by Gasteiger charge is -2.19. The summed E-state index contributed by atoms with van der Waals surface area (Å²) in [6, 6.07) is 16.9. The van der Waals surface area contributed by atoms with E-state index in [2.05, 4.69) is 0 Å². The van der Waals surface area contributed by atoms with Crippen LogP contribution in [0.2, 0.25) is 0 Å². The summed E-state index contributed by atoms with van der Waals surface area (Å²) in [6.07, 6.45) is 0.798. The van der Waals surface area contributed by atoms with Crippen LogP contribution < -0.4 is 0 Å². The van der Waals surface area contributed by atoms with Crippen LogP contribution in [0.4, 0.5) is 0 Å². The van der Waals surface area contributed by atoms with Gasteiger partial charge in [-0.1, -0.05) is 42.5 Å². The Morgan fingerprint density at radius 1 is 1.00 bits per heavy atom. The van der Waals surface area contributed by atoms with E-state index >= 15 is 0 Å². The summed E-state index contributed by atoms with van der Waals surface area (Å²) in [7, 11) is 0. The molecule has 0 unspecified atom stereocenters. The quantitative estimate of drug-likeness (QED) is 0.744. The minimum absolute atomic E-state index is 0.0786. The second-order valence-corrected chi connectivity index (χ2v) is 7.67. The first-order valence-corrected chi connectivity index (χ1v) is 8.87. The largest absolute Gasteiger partial charge is 0.460 e. The topological polar surface area (TPSA) is 52.6 Å². The van der Waals surface area contributed by atoms with Crippen molar-refractivity contribution in [2.75, 3.05) is 0 Å². The fourth-order valence-corrected chi connectivity index (χ4v) is 2.87. The fourth-order valence-electron chi connectivity index (χ4n) is 2.87. The molecule has 1 saturated carbocycles. The molecule has 0 heterocycles. The van der Waals surface area contributed by atoms with Crippen LogP contribution in [0.3, 0.4) is 0 Å². The smallest absolute Gasteiger partial charge is 0.338 e. The molecule has 1 aliphatic rings. The van der Waals surface area contributed by atoms with Crippen molar-refractivity contribution < 1.29 is 19.1 Å². The van der Waals surface area contributed by atoms with Gasteiger partial charge in [0.05, 0.1) is 11.5 Å². The highest BCUT2D eigenvalue weighted by molar-refractivity contribution is 5.89. The number of esters is 2. The van der Waals surface area contributed by atoms with E-state index in [0.717, 1.165) is 17.5 Å². The van der Waals surface area contributed by atoms with Gasteiger partial charge in [-0.05, 0) is 56.4 Å². The maximum Gasteiger partial charge on any atom is 0.338 e. The SMILES string of the molecule is CC(C)(C)OC(=O)[C@@H]1C[C@H]1c1ccc(C(=O)OCc2ccccc2)cc1. The van der Waals surface area contributed by atoms with Crippen molar-refractivity contribution in [1.29, 1.82) is 0 Å². The van der Waals surface area contributed by atoms with Gasteiger partial charge >= 0.3 is 11.9 Å². The van der Waals surface area contributed by atoms with E-state index in [9.17, 15) is 9.59 Å². The number of rotatable bonds is 5. The molecule has 0 saturated heterocycles. The standard InChI is InChI=1S/C22H24O4/c1-22(2,3)26-21(24)19-13-18(19)16-9-11-17(12-10-16)20(23)25-14-15-7-5-4-6-8-15/h4-12,18-19H,13-14H2,1-3H3/t18-,19+/m0/s1. The molecule has 2 aromatic carbocycles. The molecule has 3 rings (SSSR count). The first kappa shape index (κ1) is 18.2. The highest BCUT2D eigenvalue weighted by Gasteiger charge is 2.46. The van der Waals surface area contributed by atoms with Crippen LogP contribution in [-0.4, -0.2) is 17.5 Å². The van der Waals surface area contributed by atoms with E-state index in [1.165, 1.54) is 0 Å². The molecule has 0 amide bonds. The molecule has 1 aliphatic carbocycles. The third-order valence-corrected chi connectivity index (χ3v) is 4.29. The Bertz CT molecular complexity index is 772. The molecule has 0 radical (unpaired) electrons. The maximum absolute atomic E-state index is 12.1. The van der Waals surface area contributed by atoms with Crippen LogP contribution >= 0.6 is 0 Å². The maximum atomic E-state index is 12.1. The van der Waals surface area contributed by atoms with Crippen molar-refractivity contribution >= 4 is 11.9 Å². The molecule has 4 heteroatoms. The van der Waals surface area contributed by atoms with Crippen molar-refractivity contribution in [3.63, 3.8) is 0 Å². The summed E-state index contributed by atoms with van der Waals surface area (Å²) in [5.74, 6) is -0.391. The second kappa shape index (κ2) is 7.32. The Hall–Kier alpha value is -2.62. The van der Waals surface area contributed by atoms with Crippen LogP contribution in [0.15, 0.2) is 54.6 Å². The van der Waals surface area contributed by atoms with Crippen LogP contribution in [0.1, 0.15) is 54.6 Å². The van der Waals surface area contributed by atoms with E-state index in [-0.39, 0.29) is 30.4 Å². The number of benzene rings is 2. The highest BCUT2D eigenvalue weighted by Crippen LogP contribution is 2.48. The van der Waals surface area contributed by atoms with E-state index in [0.29, 0.717) is 5.56 Å². The summed E-state index contributed by atoms with van der Waals surface area (Å²) >= 11 is 0. The van der Waals surface area contributed by atoms with Gasteiger partial charge in [0.25, 0.3) is 0 Å². The minimum Gasteiger partial charge on any atom is -0.460 e. The molecule has 26 heavy (non-hydrogen) atoms. The summed E-state index contributed by atoms with van der Waals surface area (Å²) in [6.45, 7) is 5.87. The predicted molar refractivity (Wildman–Crippen MR) is 98.7 cm³/mol. The Morgan fingerprint density at radius 3 is 2.27 bits per heavy atom. The van der Waals surface area contributed by atoms with Gasteiger partial charge in [0.2, 0.25) is 0 Å². The first-order valence-electron chi connectivity index (χ1n) is 8.87. The molecule has 136 valence electrons. The van der Waals surface area contributed by atoms with Crippen molar-refractivity contribution in [2.24, 2.45) is 5.92 Å². The lowest BCUT2D eigenvalue weighted by Crippen LogP contribution is -2.25. The molecule has 2 atom stereocenters. The molecule has 0 N–H and O–H groups in total. The van der Waals surface area contributed by atoms with Gasteiger partial charge in [-0.3, -0.25) is 4.79 Å². The van der Waals surface area contributed by atoms with Gasteiger partial charge in [-0.25, -0.2) is 4.79 Å². The molecule has 0 spiro atoms. The van der Waals surface area contributed by atoms with E-state index < -0.39 is 5.60 Å². The minimum atomic E-state index is -0.462. The third kappa shape index (κ3) is 4.72. The summed E-state index contributed by atoms with van der Waals surface area (Å²) < 4.78 is 10.8. The van der Waals surface area contributed by atoms with Gasteiger partial charge in [0.15, 0.2) is 0 Å². The molecular formula is C22H24O4. The Balaban J connectivity index is 1.54. The number of hydrogen-bond acceptors (Lipinski definition) is 4. The van der Waals surface area contributed by atoms with Crippen molar-refractivity contribution in [2.45, 2.75) is 45.3 Å². The summed E-state index contributed by atoms with van der Waals surface area (Å²) in [5, 5.41) is 0. The van der Waals surface area contributed by atoms with Crippen molar-refractivity contribution in [1.82, 2.24) is 0 Å². The zero-order valence-electron chi connectivity index (χ0n) is 15.4. The number of carbonyl (C=O) groups is 2. The van der Waals surface area contributed by atoms with Crippen LogP contribution in [0.25, 0.3) is 0 Å². The molecule has 0 aliphatic heterocycles. The van der Waals surface area contributed by atoms with Gasteiger partial charge in [0.1, 0.15) is 12.2 Å². The molecule has 2 aromatic rings. The third-order valence-electron chi connectivity index (χ3n) is 4.29. The fraction of sp³-hybridized carbons (Fsp3) is 0.364. The van der Waals surface area contributed by atoms with E-state index in [1.54, 1.807) is 12.1 Å². The Labute approximate surface area is 154 Å². The first-order chi connectivity index (χ1) is 12.3. The van der Waals surface area contributed by atoms with Crippen LogP contribution in [-0.2, 0) is 20.9 Å². The van der Waals surface area contributed by atoms with Crippen LogP contribution in [0.5, 0.6) is 0 Å². The van der Waals surface area contributed by atoms with E-state index in [1.807, 2.05) is 63.2 Å². The van der Waals surface area contributed by atoms with Crippen molar-refractivity contribution in [3.8, 4) is 0 Å². The molecular weight excluding hydrogens is 328 g/mol. The Morgan fingerprint density at radius 2 is 1.65 bits per heavy atom. The number of carbonyl (C=O) groups excluding carboxylic acids is 2. The second-order valence-electron chi connectivity index (χ2n) is 7.67. The molecule has 4 nitrogen and oxygen atoms in total. The molecule has 0 bridgehead atoms. The average molecular weight is 352 g/mol. The average Bonchev–Trinajstić information content (AvgIpc) is 3.40. The van der Waals surface area contributed by atoms with Gasteiger partial charge < -0.3 is 9.47 Å². The predicted octanol–water partition coefficient (Wildman–Crippen LogP) is 4.49. The van der Waals surface area contributed by atoms with Crippen LogP contribution in [0, 0.1) is 5.92 Å². The molecule has 0 aromatic heterocycles. The monoisotopic (exact) mass is 352 g/mol. The van der Waals surface area contributed by atoms with E-state index in [4.69, 9.17) is 9.47 Å². The molecule has 1 fully saturated rings. The zero-order valence-corrected chi connectivity index (χ0v) is 15.4. The van der Waals surface area contributed by atoms with Gasteiger partial charge in [-0.2, -0.15) is 0 Å². The summed E-state index contributed by atoms with van der Waals surface area (Å²) in [4.78, 5) is 24.3. The van der Waals surface area contributed by atoms with Crippen molar-refractivity contribution in [3.05, 3.63) is 71.3 Å².